The van der Waals surface area contributed by atoms with Crippen molar-refractivity contribution in [1.29, 1.82) is 0 Å². The molecule has 0 fully saturated rings. The molecule has 1 atom stereocenters. The molecule has 1 unspecified atom stereocenters. The molecule has 2 rings (SSSR count). The Kier molecular flexibility index (Phi) is 5.30. The van der Waals surface area contributed by atoms with Crippen LogP contribution in [0.15, 0.2) is 17.7 Å². The van der Waals surface area contributed by atoms with E-state index in [2.05, 4.69) is 23.1 Å². The number of anilines is 1. The lowest BCUT2D eigenvalue weighted by atomic mass is 10.2. The third-order valence-corrected chi connectivity index (χ3v) is 4.80. The number of fused-ring (bicyclic) bond motifs is 1. The lowest BCUT2D eigenvalue weighted by Gasteiger charge is -2.25. The van der Waals surface area contributed by atoms with Crippen molar-refractivity contribution < 1.29 is 9.90 Å². The third kappa shape index (κ3) is 3.59. The van der Waals surface area contributed by atoms with Crippen molar-refractivity contribution >= 4 is 45.9 Å². The van der Waals surface area contributed by atoms with Gasteiger partial charge in [0.05, 0.1) is 5.69 Å². The Bertz CT molecular complexity index is 648. The highest BCUT2D eigenvalue weighted by Gasteiger charge is 2.18. The van der Waals surface area contributed by atoms with Crippen LogP contribution in [0.1, 0.15) is 19.0 Å². The predicted molar refractivity (Wildman–Crippen MR) is 90.6 cm³/mol. The van der Waals surface area contributed by atoms with Crippen molar-refractivity contribution in [2.75, 3.05) is 24.0 Å². The summed E-state index contributed by atoms with van der Waals surface area (Å²) in [5, 5.41) is 10.8. The van der Waals surface area contributed by atoms with Gasteiger partial charge in [-0.05, 0) is 31.4 Å². The normalized spacial score (nSPS) is 13.1. The molecule has 2 aromatic rings. The summed E-state index contributed by atoms with van der Waals surface area (Å²) in [5.74, 6) is 0.964. The van der Waals surface area contributed by atoms with Crippen molar-refractivity contribution in [2.45, 2.75) is 19.4 Å². The number of aromatic nitrogens is 2. The highest BCUT2D eigenvalue weighted by atomic mass is 32.2. The molecule has 2 aromatic heterocycles. The summed E-state index contributed by atoms with van der Waals surface area (Å²) in [6.07, 6.45) is 7.84. The van der Waals surface area contributed by atoms with Gasteiger partial charge in [-0.2, -0.15) is 11.8 Å². The molecule has 21 heavy (non-hydrogen) atoms. The molecule has 0 saturated carbocycles. The van der Waals surface area contributed by atoms with Gasteiger partial charge < -0.3 is 10.0 Å². The zero-order chi connectivity index (χ0) is 15.4. The number of carboxylic acid groups (broad SMARTS) is 1. The summed E-state index contributed by atoms with van der Waals surface area (Å²) >= 11 is 3.37. The second-order valence-corrected chi connectivity index (χ2v) is 6.65. The fourth-order valence-corrected chi connectivity index (χ4v) is 3.34. The highest BCUT2D eigenvalue weighted by Crippen LogP contribution is 2.27. The smallest absolute Gasteiger partial charge is 0.328 e. The van der Waals surface area contributed by atoms with E-state index in [4.69, 9.17) is 5.11 Å². The molecular formula is C14H19N3O2S2. The largest absolute Gasteiger partial charge is 0.478 e. The molecule has 5 nitrogen and oxygen atoms in total. The summed E-state index contributed by atoms with van der Waals surface area (Å²) < 4.78 is 1.93. The molecule has 114 valence electrons. The Morgan fingerprint density at radius 1 is 1.67 bits per heavy atom. The van der Waals surface area contributed by atoms with E-state index in [0.717, 1.165) is 34.7 Å². The second-order valence-electron chi connectivity index (χ2n) is 4.79. The van der Waals surface area contributed by atoms with Gasteiger partial charge in [0.2, 0.25) is 0 Å². The molecular weight excluding hydrogens is 306 g/mol. The summed E-state index contributed by atoms with van der Waals surface area (Å²) in [5.41, 5.74) is 0.812. The van der Waals surface area contributed by atoms with Crippen LogP contribution in [0, 0.1) is 0 Å². The van der Waals surface area contributed by atoms with Crippen molar-refractivity contribution in [3.8, 4) is 0 Å². The Morgan fingerprint density at radius 2 is 2.43 bits per heavy atom. The average Bonchev–Trinajstić information content (AvgIpc) is 3.02. The Balaban J connectivity index is 2.35. The summed E-state index contributed by atoms with van der Waals surface area (Å²) in [6, 6.07) is 0.346. The van der Waals surface area contributed by atoms with E-state index in [0.29, 0.717) is 6.04 Å². The number of hydrogen-bond acceptors (Lipinski definition) is 5. The van der Waals surface area contributed by atoms with Gasteiger partial charge in [-0.15, -0.1) is 11.3 Å². The first-order valence-corrected chi connectivity index (χ1v) is 8.90. The van der Waals surface area contributed by atoms with Crippen LogP contribution in [-0.2, 0) is 4.79 Å². The lowest BCUT2D eigenvalue weighted by Crippen LogP contribution is -2.30. The zero-order valence-corrected chi connectivity index (χ0v) is 13.9. The van der Waals surface area contributed by atoms with Gasteiger partial charge in [0.25, 0.3) is 0 Å². The maximum atomic E-state index is 10.8. The number of thiazole rings is 1. The van der Waals surface area contributed by atoms with Crippen LogP contribution in [-0.4, -0.2) is 45.6 Å². The predicted octanol–water partition coefficient (Wildman–Crippen LogP) is 3.07. The van der Waals surface area contributed by atoms with Crippen LogP contribution < -0.4 is 4.90 Å². The molecule has 0 amide bonds. The summed E-state index contributed by atoms with van der Waals surface area (Å²) in [7, 11) is 2.01. The van der Waals surface area contributed by atoms with E-state index in [1.165, 1.54) is 0 Å². The molecule has 7 heteroatoms. The van der Waals surface area contributed by atoms with Crippen molar-refractivity contribution in [3.05, 3.63) is 23.3 Å². The monoisotopic (exact) mass is 325 g/mol. The van der Waals surface area contributed by atoms with Crippen LogP contribution >= 0.6 is 23.1 Å². The number of carbonyl (C=O) groups is 1. The topological polar surface area (TPSA) is 57.8 Å². The minimum atomic E-state index is -0.954. The minimum Gasteiger partial charge on any atom is -0.478 e. The fraction of sp³-hybridized carbons (Fsp3) is 0.429. The van der Waals surface area contributed by atoms with Crippen LogP contribution in [0.5, 0.6) is 0 Å². The summed E-state index contributed by atoms with van der Waals surface area (Å²) in [4.78, 5) is 18.4. The molecule has 0 bridgehead atoms. The van der Waals surface area contributed by atoms with Gasteiger partial charge in [0.1, 0.15) is 0 Å². The first kappa shape index (κ1) is 15.9. The Labute approximate surface area is 132 Å². The molecule has 0 aromatic carbocycles. The number of hydrogen-bond donors (Lipinski definition) is 1. The third-order valence-electron chi connectivity index (χ3n) is 3.40. The van der Waals surface area contributed by atoms with E-state index in [-0.39, 0.29) is 0 Å². The van der Waals surface area contributed by atoms with E-state index in [9.17, 15) is 4.79 Å². The highest BCUT2D eigenvalue weighted by molar-refractivity contribution is 7.98. The number of aliphatic carboxylic acids is 1. The van der Waals surface area contributed by atoms with Crippen LogP contribution in [0.3, 0.4) is 0 Å². The van der Waals surface area contributed by atoms with Gasteiger partial charge in [-0.25, -0.2) is 9.78 Å². The SMILES string of the molecule is CSCCC(C)N(C)c1nc2sccn2c1/C=C/C(=O)O. The van der Waals surface area contributed by atoms with Gasteiger partial charge in [0.15, 0.2) is 10.8 Å². The number of rotatable bonds is 7. The Hall–Kier alpha value is -1.47. The fourth-order valence-electron chi connectivity index (χ4n) is 2.05. The van der Waals surface area contributed by atoms with E-state index < -0.39 is 5.97 Å². The maximum Gasteiger partial charge on any atom is 0.328 e. The molecule has 0 aliphatic rings. The summed E-state index contributed by atoms with van der Waals surface area (Å²) in [6.45, 7) is 2.16. The molecule has 0 saturated heterocycles. The second kappa shape index (κ2) is 7.00. The van der Waals surface area contributed by atoms with Crippen LogP contribution in [0.25, 0.3) is 11.0 Å². The van der Waals surface area contributed by atoms with Crippen LogP contribution in [0.2, 0.25) is 0 Å². The van der Waals surface area contributed by atoms with E-state index in [1.807, 2.05) is 34.8 Å². The van der Waals surface area contributed by atoms with Crippen molar-refractivity contribution in [1.82, 2.24) is 9.38 Å². The first-order chi connectivity index (χ1) is 10.0. The average molecular weight is 325 g/mol. The van der Waals surface area contributed by atoms with Gasteiger partial charge in [0, 0.05) is 30.7 Å². The van der Waals surface area contributed by atoms with Gasteiger partial charge >= 0.3 is 5.97 Å². The van der Waals surface area contributed by atoms with E-state index >= 15 is 0 Å². The number of nitrogens with zero attached hydrogens (tertiary/aromatic N) is 3. The number of carboxylic acids is 1. The van der Waals surface area contributed by atoms with Crippen LogP contribution in [0.4, 0.5) is 5.82 Å². The number of thioether (sulfide) groups is 1. The first-order valence-electron chi connectivity index (χ1n) is 6.63. The Morgan fingerprint density at radius 3 is 3.10 bits per heavy atom. The molecule has 0 radical (unpaired) electrons. The lowest BCUT2D eigenvalue weighted by molar-refractivity contribution is -0.131. The number of imidazole rings is 1. The van der Waals surface area contributed by atoms with Crippen molar-refractivity contribution in [3.63, 3.8) is 0 Å². The molecule has 0 aliphatic heterocycles. The van der Waals surface area contributed by atoms with Crippen molar-refractivity contribution in [2.24, 2.45) is 0 Å². The minimum absolute atomic E-state index is 0.346. The zero-order valence-electron chi connectivity index (χ0n) is 12.3. The standard InChI is InChI=1S/C14H19N3O2S2/c1-10(6-8-20-3)16(2)13-11(4-5-12(18)19)17-7-9-21-14(17)15-13/h4-5,7,9-10H,6,8H2,1-3H3,(H,18,19)/b5-4+. The quantitative estimate of drug-likeness (QED) is 0.793. The molecule has 0 spiro atoms. The maximum absolute atomic E-state index is 10.8. The van der Waals surface area contributed by atoms with E-state index in [1.54, 1.807) is 17.4 Å². The van der Waals surface area contributed by atoms with Gasteiger partial charge in [-0.3, -0.25) is 4.40 Å². The molecule has 1 N–H and O–H groups in total. The van der Waals surface area contributed by atoms with Gasteiger partial charge in [-0.1, -0.05) is 0 Å². The molecule has 0 aliphatic carbocycles. The molecule has 2 heterocycles.